The summed E-state index contributed by atoms with van der Waals surface area (Å²) in [6.07, 6.45) is 1.67. The van der Waals surface area contributed by atoms with Crippen molar-refractivity contribution in [1.29, 1.82) is 0 Å². The van der Waals surface area contributed by atoms with Crippen molar-refractivity contribution in [2.45, 2.75) is 31.8 Å². The van der Waals surface area contributed by atoms with Gasteiger partial charge in [-0.15, -0.1) is 22.7 Å². The number of thiazole rings is 1. The van der Waals surface area contributed by atoms with Gasteiger partial charge in [0.05, 0.1) is 11.4 Å². The molecular formula is C12H17N3O2S3. The Kier molecular flexibility index (Phi) is 5.28. The Balaban J connectivity index is 2.10. The third-order valence-electron chi connectivity index (χ3n) is 2.66. The van der Waals surface area contributed by atoms with E-state index < -0.39 is 10.0 Å². The number of hydrogen-bond acceptors (Lipinski definition) is 6. The van der Waals surface area contributed by atoms with E-state index in [0.717, 1.165) is 21.3 Å². The maximum Gasteiger partial charge on any atom is 0.242 e. The Morgan fingerprint density at radius 2 is 2.15 bits per heavy atom. The highest BCUT2D eigenvalue weighted by Crippen LogP contribution is 2.25. The van der Waals surface area contributed by atoms with Crippen LogP contribution in [0.4, 0.5) is 0 Å². The minimum atomic E-state index is -3.47. The van der Waals surface area contributed by atoms with Crippen molar-refractivity contribution in [3.8, 4) is 0 Å². The van der Waals surface area contributed by atoms with Crippen LogP contribution in [0.1, 0.15) is 21.7 Å². The molecule has 0 fully saturated rings. The molecule has 0 atom stereocenters. The van der Waals surface area contributed by atoms with Crippen molar-refractivity contribution in [3.63, 3.8) is 0 Å². The fraction of sp³-hybridized carbons (Fsp3) is 0.417. The second kappa shape index (κ2) is 6.77. The number of nitrogens with one attached hydrogen (secondary N) is 2. The molecule has 0 bridgehead atoms. The van der Waals surface area contributed by atoms with Crippen LogP contribution in [0.3, 0.4) is 0 Å². The fourth-order valence-corrected chi connectivity index (χ4v) is 4.94. The molecule has 110 valence electrons. The third kappa shape index (κ3) is 3.86. The highest BCUT2D eigenvalue weighted by molar-refractivity contribution is 7.89. The lowest BCUT2D eigenvalue weighted by Crippen LogP contribution is -2.23. The maximum absolute atomic E-state index is 12.3. The van der Waals surface area contributed by atoms with Crippen molar-refractivity contribution < 1.29 is 8.42 Å². The summed E-state index contributed by atoms with van der Waals surface area (Å²) in [6.45, 7) is 5.65. The number of nitrogens with zero attached hydrogens (tertiary/aromatic N) is 1. The van der Waals surface area contributed by atoms with Gasteiger partial charge in [-0.05, 0) is 19.5 Å². The first-order chi connectivity index (χ1) is 9.53. The molecule has 0 unspecified atom stereocenters. The SMILES string of the molecule is CCNCc1cc(S(=O)(=O)NCc2nccs2)c(C)s1. The smallest absolute Gasteiger partial charge is 0.242 e. The molecule has 0 spiro atoms. The number of aromatic nitrogens is 1. The Morgan fingerprint density at radius 1 is 1.35 bits per heavy atom. The minimum Gasteiger partial charge on any atom is -0.312 e. The molecule has 0 aliphatic rings. The number of aryl methyl sites for hydroxylation is 1. The molecule has 2 rings (SSSR count). The van der Waals surface area contributed by atoms with Gasteiger partial charge in [0.2, 0.25) is 10.0 Å². The molecule has 0 aliphatic carbocycles. The van der Waals surface area contributed by atoms with Gasteiger partial charge in [-0.1, -0.05) is 6.92 Å². The van der Waals surface area contributed by atoms with Crippen LogP contribution in [0.25, 0.3) is 0 Å². The van der Waals surface area contributed by atoms with Crippen LogP contribution in [0.2, 0.25) is 0 Å². The van der Waals surface area contributed by atoms with E-state index in [4.69, 9.17) is 0 Å². The van der Waals surface area contributed by atoms with Crippen LogP contribution in [0.15, 0.2) is 22.5 Å². The standard InChI is InChI=1S/C12H17N3O2S3/c1-3-13-7-10-6-11(9(2)19-10)20(16,17)15-8-12-14-4-5-18-12/h4-6,13,15H,3,7-8H2,1-2H3. The summed E-state index contributed by atoms with van der Waals surface area (Å²) in [5, 5.41) is 5.78. The predicted octanol–water partition coefficient (Wildman–Crippen LogP) is 2.10. The largest absolute Gasteiger partial charge is 0.312 e. The highest BCUT2D eigenvalue weighted by atomic mass is 32.2. The molecule has 2 aromatic rings. The molecular weight excluding hydrogens is 314 g/mol. The second-order valence-corrected chi connectivity index (χ2v) is 8.22. The van der Waals surface area contributed by atoms with Crippen LogP contribution in [-0.4, -0.2) is 19.9 Å². The van der Waals surface area contributed by atoms with Crippen LogP contribution in [0, 0.1) is 6.92 Å². The van der Waals surface area contributed by atoms with E-state index in [9.17, 15) is 8.42 Å². The number of hydrogen-bond donors (Lipinski definition) is 2. The zero-order valence-corrected chi connectivity index (χ0v) is 13.8. The molecule has 0 aliphatic heterocycles. The first kappa shape index (κ1) is 15.6. The molecule has 0 saturated carbocycles. The second-order valence-electron chi connectivity index (χ2n) is 4.16. The van der Waals surface area contributed by atoms with Gasteiger partial charge in [-0.25, -0.2) is 18.1 Å². The first-order valence-electron chi connectivity index (χ1n) is 6.21. The van der Waals surface area contributed by atoms with Crippen LogP contribution < -0.4 is 10.0 Å². The number of rotatable bonds is 7. The van der Waals surface area contributed by atoms with Gasteiger partial charge in [0.15, 0.2) is 0 Å². The fourth-order valence-electron chi connectivity index (χ4n) is 1.70. The molecule has 0 amide bonds. The lowest BCUT2D eigenvalue weighted by atomic mass is 10.4. The summed E-state index contributed by atoms with van der Waals surface area (Å²) >= 11 is 2.94. The van der Waals surface area contributed by atoms with E-state index in [1.165, 1.54) is 22.7 Å². The van der Waals surface area contributed by atoms with Gasteiger partial charge < -0.3 is 5.32 Å². The van der Waals surface area contributed by atoms with Crippen molar-refractivity contribution in [3.05, 3.63) is 32.4 Å². The van der Waals surface area contributed by atoms with Gasteiger partial charge in [0.1, 0.15) is 5.01 Å². The van der Waals surface area contributed by atoms with Crippen molar-refractivity contribution in [2.24, 2.45) is 0 Å². The van der Waals surface area contributed by atoms with Gasteiger partial charge in [0.25, 0.3) is 0 Å². The molecule has 2 heterocycles. The van der Waals surface area contributed by atoms with Crippen LogP contribution in [-0.2, 0) is 23.1 Å². The summed E-state index contributed by atoms with van der Waals surface area (Å²) in [5.74, 6) is 0. The maximum atomic E-state index is 12.3. The van der Waals surface area contributed by atoms with E-state index in [2.05, 4.69) is 15.0 Å². The van der Waals surface area contributed by atoms with Gasteiger partial charge in [0, 0.05) is 27.9 Å². The molecule has 5 nitrogen and oxygen atoms in total. The summed E-state index contributed by atoms with van der Waals surface area (Å²) in [6, 6.07) is 1.74. The summed E-state index contributed by atoms with van der Waals surface area (Å²) in [5.41, 5.74) is 0. The zero-order valence-electron chi connectivity index (χ0n) is 11.3. The molecule has 8 heteroatoms. The van der Waals surface area contributed by atoms with Gasteiger partial charge in [-0.2, -0.15) is 0 Å². The summed E-state index contributed by atoms with van der Waals surface area (Å²) < 4.78 is 27.2. The van der Waals surface area contributed by atoms with Crippen molar-refractivity contribution >= 4 is 32.7 Å². The van der Waals surface area contributed by atoms with Crippen LogP contribution >= 0.6 is 22.7 Å². The molecule has 2 aromatic heterocycles. The molecule has 0 saturated heterocycles. The number of sulfonamides is 1. The van der Waals surface area contributed by atoms with E-state index >= 15 is 0 Å². The van der Waals surface area contributed by atoms with Gasteiger partial charge >= 0.3 is 0 Å². The molecule has 0 aromatic carbocycles. The topological polar surface area (TPSA) is 71.1 Å². The zero-order chi connectivity index (χ0) is 14.6. The summed E-state index contributed by atoms with van der Waals surface area (Å²) in [7, 11) is -3.47. The Morgan fingerprint density at radius 3 is 2.80 bits per heavy atom. The number of thiophene rings is 1. The van der Waals surface area contributed by atoms with E-state index in [1.807, 2.05) is 19.2 Å². The normalized spacial score (nSPS) is 11.9. The van der Waals surface area contributed by atoms with E-state index in [1.54, 1.807) is 12.3 Å². The Labute approximate surface area is 127 Å². The molecule has 20 heavy (non-hydrogen) atoms. The Bertz CT molecular complexity index is 648. The lowest BCUT2D eigenvalue weighted by molar-refractivity contribution is 0.581. The molecule has 2 N–H and O–H groups in total. The van der Waals surface area contributed by atoms with E-state index in [-0.39, 0.29) is 6.54 Å². The van der Waals surface area contributed by atoms with Crippen molar-refractivity contribution in [1.82, 2.24) is 15.0 Å². The van der Waals surface area contributed by atoms with Crippen LogP contribution in [0.5, 0.6) is 0 Å². The lowest BCUT2D eigenvalue weighted by Gasteiger charge is -2.04. The Hall–Kier alpha value is -0.800. The predicted molar refractivity (Wildman–Crippen MR) is 82.6 cm³/mol. The van der Waals surface area contributed by atoms with Gasteiger partial charge in [-0.3, -0.25) is 0 Å². The van der Waals surface area contributed by atoms with E-state index in [0.29, 0.717) is 11.4 Å². The quantitative estimate of drug-likeness (QED) is 0.815. The average molecular weight is 331 g/mol. The van der Waals surface area contributed by atoms with Crippen molar-refractivity contribution in [2.75, 3.05) is 6.54 Å². The highest BCUT2D eigenvalue weighted by Gasteiger charge is 2.19. The third-order valence-corrected chi connectivity index (χ3v) is 6.15. The first-order valence-corrected chi connectivity index (χ1v) is 9.39. The average Bonchev–Trinajstić information content (AvgIpc) is 3.03. The molecule has 0 radical (unpaired) electrons. The monoisotopic (exact) mass is 331 g/mol. The minimum absolute atomic E-state index is 0.234. The summed E-state index contributed by atoms with van der Waals surface area (Å²) in [4.78, 5) is 6.27.